The summed E-state index contributed by atoms with van der Waals surface area (Å²) < 4.78 is 4.74. The molecule has 2 heteroatoms. The first kappa shape index (κ1) is 6.81. The summed E-state index contributed by atoms with van der Waals surface area (Å²) in [7, 11) is 1.62. The minimum atomic E-state index is 1.09. The zero-order valence-electron chi connectivity index (χ0n) is 5.82. The second-order valence-electron chi connectivity index (χ2n) is 1.82. The lowest BCUT2D eigenvalue weighted by molar-refractivity contribution is 0.341. The Balaban J connectivity index is 2.67. The molecule has 0 radical (unpaired) electrons. The van der Waals surface area contributed by atoms with Crippen LogP contribution in [-0.4, -0.2) is 12.1 Å². The average molecular weight is 135 g/mol. The molecule has 1 aromatic rings. The Hall–Kier alpha value is -1.31. The molecule has 0 fully saturated rings. The summed E-state index contributed by atoms with van der Waals surface area (Å²) in [5.74, 6) is 0. The van der Waals surface area contributed by atoms with Crippen LogP contribution in [-0.2, 0) is 4.74 Å². The number of ether oxygens (including phenoxy) is 1. The Morgan fingerprint density at radius 2 is 2.10 bits per heavy atom. The first-order valence-electron chi connectivity index (χ1n) is 3.03. The Morgan fingerprint density at radius 1 is 1.40 bits per heavy atom. The first-order chi connectivity index (χ1) is 4.93. The van der Waals surface area contributed by atoms with Crippen LogP contribution in [0.5, 0.6) is 0 Å². The van der Waals surface area contributed by atoms with Gasteiger partial charge in [-0.15, -0.1) is 0 Å². The molecule has 0 aliphatic heterocycles. The van der Waals surface area contributed by atoms with Gasteiger partial charge in [-0.2, -0.15) is 0 Å². The van der Waals surface area contributed by atoms with E-state index in [2.05, 4.69) is 4.98 Å². The predicted octanol–water partition coefficient (Wildman–Crippen LogP) is 1.70. The fourth-order valence-corrected chi connectivity index (χ4v) is 0.621. The molecule has 1 heterocycles. The molecule has 1 aromatic heterocycles. The zero-order chi connectivity index (χ0) is 7.23. The number of pyridine rings is 1. The third-order valence-electron chi connectivity index (χ3n) is 1.10. The van der Waals surface area contributed by atoms with Crippen LogP contribution in [0.3, 0.4) is 0 Å². The molecule has 0 aliphatic rings. The Bertz CT molecular complexity index is 206. The van der Waals surface area contributed by atoms with Gasteiger partial charge in [0.2, 0.25) is 0 Å². The van der Waals surface area contributed by atoms with E-state index >= 15 is 0 Å². The van der Waals surface area contributed by atoms with E-state index in [0.717, 1.165) is 5.56 Å². The zero-order valence-corrected chi connectivity index (χ0v) is 5.82. The third kappa shape index (κ3) is 1.90. The number of hydrogen-bond acceptors (Lipinski definition) is 2. The Morgan fingerprint density at radius 3 is 2.70 bits per heavy atom. The topological polar surface area (TPSA) is 22.1 Å². The minimum absolute atomic E-state index is 1.09. The van der Waals surface area contributed by atoms with Crippen molar-refractivity contribution in [3.8, 4) is 0 Å². The summed E-state index contributed by atoms with van der Waals surface area (Å²) in [4.78, 5) is 3.88. The molecule has 0 bridgehead atoms. The molecule has 0 spiro atoms. The number of hydrogen-bond donors (Lipinski definition) is 0. The molecular weight excluding hydrogens is 126 g/mol. The van der Waals surface area contributed by atoms with E-state index in [0.29, 0.717) is 0 Å². The maximum absolute atomic E-state index is 4.74. The molecule has 0 N–H and O–H groups in total. The molecule has 1 rings (SSSR count). The molecule has 0 atom stereocenters. The number of rotatable bonds is 2. The van der Waals surface area contributed by atoms with Crippen LogP contribution in [0.4, 0.5) is 0 Å². The summed E-state index contributed by atoms with van der Waals surface area (Å²) in [6.45, 7) is 0. The van der Waals surface area contributed by atoms with Crippen molar-refractivity contribution >= 4 is 6.08 Å². The normalized spacial score (nSPS) is 10.1. The maximum atomic E-state index is 4.74. The largest absolute Gasteiger partial charge is 0.504 e. The fraction of sp³-hybridized carbons (Fsp3) is 0.125. The van der Waals surface area contributed by atoms with Gasteiger partial charge in [0.15, 0.2) is 0 Å². The van der Waals surface area contributed by atoms with E-state index in [1.54, 1.807) is 25.8 Å². The van der Waals surface area contributed by atoms with E-state index in [-0.39, 0.29) is 0 Å². The molecule has 0 saturated heterocycles. The minimum Gasteiger partial charge on any atom is -0.504 e. The molecular formula is C8H9NO. The van der Waals surface area contributed by atoms with Crippen LogP contribution in [0.1, 0.15) is 5.56 Å². The summed E-state index contributed by atoms with van der Waals surface area (Å²) in [5.41, 5.74) is 1.09. The number of nitrogens with zero attached hydrogens (tertiary/aromatic N) is 1. The van der Waals surface area contributed by atoms with E-state index < -0.39 is 0 Å². The van der Waals surface area contributed by atoms with Gasteiger partial charge in [-0.1, -0.05) is 0 Å². The van der Waals surface area contributed by atoms with Crippen LogP contribution >= 0.6 is 0 Å². The van der Waals surface area contributed by atoms with Gasteiger partial charge in [0, 0.05) is 12.4 Å². The summed E-state index contributed by atoms with van der Waals surface area (Å²) >= 11 is 0. The number of methoxy groups -OCH3 is 1. The van der Waals surface area contributed by atoms with Crippen LogP contribution in [0, 0.1) is 0 Å². The highest BCUT2D eigenvalue weighted by Gasteiger charge is 1.80. The fourth-order valence-electron chi connectivity index (χ4n) is 0.621. The third-order valence-corrected chi connectivity index (χ3v) is 1.10. The van der Waals surface area contributed by atoms with Crippen molar-refractivity contribution in [2.45, 2.75) is 0 Å². The molecule has 0 aliphatic carbocycles. The molecule has 0 aromatic carbocycles. The molecule has 0 amide bonds. The molecule has 52 valence electrons. The van der Waals surface area contributed by atoms with Gasteiger partial charge in [-0.05, 0) is 23.8 Å². The van der Waals surface area contributed by atoms with E-state index in [1.807, 2.05) is 18.2 Å². The quantitative estimate of drug-likeness (QED) is 0.576. The van der Waals surface area contributed by atoms with E-state index in [4.69, 9.17) is 4.74 Å². The number of aromatic nitrogens is 1. The van der Waals surface area contributed by atoms with Gasteiger partial charge in [0.1, 0.15) is 0 Å². The lowest BCUT2D eigenvalue weighted by Crippen LogP contribution is -1.72. The van der Waals surface area contributed by atoms with Crippen molar-refractivity contribution in [1.29, 1.82) is 0 Å². The van der Waals surface area contributed by atoms with Gasteiger partial charge >= 0.3 is 0 Å². The van der Waals surface area contributed by atoms with Crippen LogP contribution in [0.15, 0.2) is 30.8 Å². The monoisotopic (exact) mass is 135 g/mol. The van der Waals surface area contributed by atoms with Crippen molar-refractivity contribution in [3.63, 3.8) is 0 Å². The Kier molecular flexibility index (Phi) is 2.49. The Labute approximate surface area is 60.2 Å². The lowest BCUT2D eigenvalue weighted by atomic mass is 10.3. The van der Waals surface area contributed by atoms with Gasteiger partial charge in [0.05, 0.1) is 13.4 Å². The molecule has 10 heavy (non-hydrogen) atoms. The highest BCUT2D eigenvalue weighted by molar-refractivity contribution is 5.46. The van der Waals surface area contributed by atoms with Crippen molar-refractivity contribution in [1.82, 2.24) is 4.98 Å². The van der Waals surface area contributed by atoms with Crippen molar-refractivity contribution in [2.24, 2.45) is 0 Å². The smallest absolute Gasteiger partial charge is 0.0830 e. The van der Waals surface area contributed by atoms with Gasteiger partial charge in [0.25, 0.3) is 0 Å². The summed E-state index contributed by atoms with van der Waals surface area (Å²) in [5, 5.41) is 0. The lowest BCUT2D eigenvalue weighted by Gasteiger charge is -1.89. The second kappa shape index (κ2) is 3.67. The van der Waals surface area contributed by atoms with Crippen molar-refractivity contribution in [3.05, 3.63) is 36.4 Å². The molecule has 0 saturated carbocycles. The average Bonchev–Trinajstić information content (AvgIpc) is 2.03. The van der Waals surface area contributed by atoms with Gasteiger partial charge in [-0.3, -0.25) is 4.98 Å². The summed E-state index contributed by atoms with van der Waals surface area (Å²) in [6, 6.07) is 3.82. The van der Waals surface area contributed by atoms with Gasteiger partial charge in [-0.25, -0.2) is 0 Å². The van der Waals surface area contributed by atoms with Crippen molar-refractivity contribution in [2.75, 3.05) is 7.11 Å². The maximum Gasteiger partial charge on any atom is 0.0830 e. The van der Waals surface area contributed by atoms with Crippen LogP contribution in [0.2, 0.25) is 0 Å². The molecule has 0 unspecified atom stereocenters. The van der Waals surface area contributed by atoms with E-state index in [1.165, 1.54) is 0 Å². The molecule has 2 nitrogen and oxygen atoms in total. The highest BCUT2D eigenvalue weighted by Crippen LogP contribution is 1.97. The van der Waals surface area contributed by atoms with Crippen molar-refractivity contribution < 1.29 is 4.74 Å². The SMILES string of the molecule is COC=Cc1ccncc1. The van der Waals surface area contributed by atoms with Crippen LogP contribution < -0.4 is 0 Å². The van der Waals surface area contributed by atoms with Gasteiger partial charge < -0.3 is 4.74 Å². The standard InChI is InChI=1S/C8H9NO/c1-10-7-4-8-2-5-9-6-3-8/h2-7H,1H3. The van der Waals surface area contributed by atoms with E-state index in [9.17, 15) is 0 Å². The predicted molar refractivity (Wildman–Crippen MR) is 40.3 cm³/mol. The highest BCUT2D eigenvalue weighted by atomic mass is 16.5. The second-order valence-corrected chi connectivity index (χ2v) is 1.82. The summed E-state index contributed by atoms with van der Waals surface area (Å²) in [6.07, 6.45) is 7.00. The van der Waals surface area contributed by atoms with Crippen LogP contribution in [0.25, 0.3) is 6.08 Å². The first-order valence-corrected chi connectivity index (χ1v) is 3.03.